The van der Waals surface area contributed by atoms with Gasteiger partial charge in [-0.1, -0.05) is 0 Å². The van der Waals surface area contributed by atoms with Crippen LogP contribution in [0.4, 0.5) is 4.79 Å². The third-order valence-electron chi connectivity index (χ3n) is 1.48. The lowest BCUT2D eigenvalue weighted by Gasteiger charge is -2.14. The molecular formula is C6H7N3O2. The van der Waals surface area contributed by atoms with E-state index in [9.17, 15) is 9.59 Å². The molecule has 0 bridgehead atoms. The number of amides is 3. The van der Waals surface area contributed by atoms with E-state index < -0.39 is 12.1 Å². The third-order valence-corrected chi connectivity index (χ3v) is 1.48. The van der Waals surface area contributed by atoms with Crippen LogP contribution in [-0.4, -0.2) is 29.4 Å². The van der Waals surface area contributed by atoms with E-state index >= 15 is 0 Å². The highest BCUT2D eigenvalue weighted by molar-refractivity contribution is 6.02. The van der Waals surface area contributed by atoms with Crippen LogP contribution in [-0.2, 0) is 4.79 Å². The Labute approximate surface area is 63.6 Å². The van der Waals surface area contributed by atoms with Gasteiger partial charge in [-0.25, -0.2) is 4.79 Å². The fourth-order valence-corrected chi connectivity index (χ4v) is 0.840. The number of carbonyl (C=O) groups is 2. The van der Waals surface area contributed by atoms with Crippen molar-refractivity contribution in [3.05, 3.63) is 0 Å². The van der Waals surface area contributed by atoms with E-state index in [0.717, 1.165) is 0 Å². The van der Waals surface area contributed by atoms with Crippen molar-refractivity contribution in [1.82, 2.24) is 10.2 Å². The van der Waals surface area contributed by atoms with Crippen LogP contribution in [0.1, 0.15) is 6.92 Å². The maximum atomic E-state index is 10.8. The highest BCUT2D eigenvalue weighted by Crippen LogP contribution is 2.02. The van der Waals surface area contributed by atoms with Crippen LogP contribution in [0.2, 0.25) is 0 Å². The topological polar surface area (TPSA) is 73.2 Å². The summed E-state index contributed by atoms with van der Waals surface area (Å²) >= 11 is 0. The molecule has 1 unspecified atom stereocenters. The average molecular weight is 153 g/mol. The Bertz CT molecular complexity index is 243. The minimum absolute atomic E-state index is 0.00639. The van der Waals surface area contributed by atoms with Gasteiger partial charge in [0.15, 0.2) is 0 Å². The van der Waals surface area contributed by atoms with Crippen molar-refractivity contribution in [2.24, 2.45) is 0 Å². The lowest BCUT2D eigenvalue weighted by atomic mass is 10.3. The summed E-state index contributed by atoms with van der Waals surface area (Å²) in [4.78, 5) is 22.6. The number of hydrogen-bond donors (Lipinski definition) is 1. The molecule has 0 aromatic rings. The minimum Gasteiger partial charge on any atom is -0.299 e. The molecule has 1 saturated heterocycles. The smallest absolute Gasteiger partial charge is 0.299 e. The van der Waals surface area contributed by atoms with Crippen molar-refractivity contribution < 1.29 is 9.59 Å². The maximum Gasteiger partial charge on any atom is 0.325 e. The van der Waals surface area contributed by atoms with Crippen LogP contribution in [0, 0.1) is 11.3 Å². The SMILES string of the molecule is CC(C#N)N1CC(=O)NC1=O. The second kappa shape index (κ2) is 2.58. The first-order valence-electron chi connectivity index (χ1n) is 3.15. The Morgan fingerprint density at radius 1 is 1.73 bits per heavy atom. The van der Waals surface area contributed by atoms with Crippen molar-refractivity contribution in [3.8, 4) is 6.07 Å². The second-order valence-corrected chi connectivity index (χ2v) is 2.29. The molecule has 0 aromatic heterocycles. The monoisotopic (exact) mass is 153 g/mol. The summed E-state index contributed by atoms with van der Waals surface area (Å²) in [6.45, 7) is 1.56. The van der Waals surface area contributed by atoms with Crippen LogP contribution in [0.15, 0.2) is 0 Å². The van der Waals surface area contributed by atoms with Gasteiger partial charge in [0.05, 0.1) is 6.07 Å². The number of rotatable bonds is 1. The highest BCUT2D eigenvalue weighted by Gasteiger charge is 2.30. The normalized spacial score (nSPS) is 19.5. The van der Waals surface area contributed by atoms with Gasteiger partial charge < -0.3 is 0 Å². The second-order valence-electron chi connectivity index (χ2n) is 2.29. The number of carbonyl (C=O) groups excluding carboxylic acids is 2. The molecule has 0 aromatic carbocycles. The molecule has 0 aliphatic carbocycles. The fourth-order valence-electron chi connectivity index (χ4n) is 0.840. The molecule has 5 heteroatoms. The molecule has 1 aliphatic heterocycles. The molecule has 11 heavy (non-hydrogen) atoms. The van der Waals surface area contributed by atoms with Crippen LogP contribution >= 0.6 is 0 Å². The molecule has 1 aliphatic rings. The third kappa shape index (κ3) is 1.29. The summed E-state index contributed by atoms with van der Waals surface area (Å²) in [7, 11) is 0. The number of nitrogens with one attached hydrogen (secondary N) is 1. The number of urea groups is 1. The summed E-state index contributed by atoms with van der Waals surface area (Å²) in [5.74, 6) is -0.350. The Balaban J connectivity index is 2.69. The largest absolute Gasteiger partial charge is 0.325 e. The van der Waals surface area contributed by atoms with Crippen molar-refractivity contribution >= 4 is 11.9 Å². The average Bonchev–Trinajstić information content (AvgIpc) is 2.28. The standard InChI is InChI=1S/C6H7N3O2/c1-4(2-7)9-3-5(10)8-6(9)11/h4H,3H2,1H3,(H,8,10,11). The molecule has 3 amide bonds. The van der Waals surface area contributed by atoms with Crippen molar-refractivity contribution in [1.29, 1.82) is 5.26 Å². The first-order chi connectivity index (χ1) is 5.15. The van der Waals surface area contributed by atoms with Gasteiger partial charge in [0.2, 0.25) is 5.91 Å². The van der Waals surface area contributed by atoms with E-state index in [1.54, 1.807) is 6.92 Å². The predicted molar refractivity (Wildman–Crippen MR) is 35.3 cm³/mol. The maximum absolute atomic E-state index is 10.8. The molecule has 1 fully saturated rings. The molecule has 58 valence electrons. The number of hydrogen-bond acceptors (Lipinski definition) is 3. The summed E-state index contributed by atoms with van der Waals surface area (Å²) < 4.78 is 0. The summed E-state index contributed by atoms with van der Waals surface area (Å²) in [6.07, 6.45) is 0. The molecular weight excluding hydrogens is 146 g/mol. The van der Waals surface area contributed by atoms with E-state index in [2.05, 4.69) is 5.32 Å². The van der Waals surface area contributed by atoms with Crippen LogP contribution < -0.4 is 5.32 Å². The van der Waals surface area contributed by atoms with Gasteiger partial charge in [-0.05, 0) is 6.92 Å². The summed E-state index contributed by atoms with van der Waals surface area (Å²) in [5, 5.41) is 10.5. The van der Waals surface area contributed by atoms with Crippen LogP contribution in [0.5, 0.6) is 0 Å². The van der Waals surface area contributed by atoms with Gasteiger partial charge in [0.25, 0.3) is 0 Å². The molecule has 0 radical (unpaired) electrons. The Morgan fingerprint density at radius 2 is 2.36 bits per heavy atom. The number of nitriles is 1. The summed E-state index contributed by atoms with van der Waals surface area (Å²) in [5.41, 5.74) is 0. The molecule has 5 nitrogen and oxygen atoms in total. The highest BCUT2D eigenvalue weighted by atomic mass is 16.2. The van der Waals surface area contributed by atoms with E-state index in [-0.39, 0.29) is 12.5 Å². The zero-order valence-electron chi connectivity index (χ0n) is 6.00. The molecule has 1 heterocycles. The van der Waals surface area contributed by atoms with E-state index in [0.29, 0.717) is 0 Å². The Kier molecular flexibility index (Phi) is 1.77. The predicted octanol–water partition coefficient (Wildman–Crippen LogP) is -0.550. The van der Waals surface area contributed by atoms with Crippen molar-refractivity contribution in [2.75, 3.05) is 6.54 Å². The van der Waals surface area contributed by atoms with E-state index in [1.165, 1.54) is 4.90 Å². The molecule has 0 saturated carbocycles. The van der Waals surface area contributed by atoms with Gasteiger partial charge >= 0.3 is 6.03 Å². The first kappa shape index (κ1) is 7.54. The van der Waals surface area contributed by atoms with E-state index in [1.807, 2.05) is 6.07 Å². The number of imide groups is 1. The molecule has 0 spiro atoms. The van der Waals surface area contributed by atoms with Gasteiger partial charge in [0.1, 0.15) is 12.6 Å². The lowest BCUT2D eigenvalue weighted by Crippen LogP contribution is -2.34. The van der Waals surface area contributed by atoms with Gasteiger partial charge in [-0.15, -0.1) is 0 Å². The van der Waals surface area contributed by atoms with Gasteiger partial charge in [-0.3, -0.25) is 15.0 Å². The van der Waals surface area contributed by atoms with Crippen molar-refractivity contribution in [3.63, 3.8) is 0 Å². The quantitative estimate of drug-likeness (QED) is 0.513. The zero-order chi connectivity index (χ0) is 8.43. The fraction of sp³-hybridized carbons (Fsp3) is 0.500. The summed E-state index contributed by atoms with van der Waals surface area (Å²) in [6, 6.07) is 0.848. The molecule has 1 rings (SSSR count). The first-order valence-corrected chi connectivity index (χ1v) is 3.15. The van der Waals surface area contributed by atoms with Crippen molar-refractivity contribution in [2.45, 2.75) is 13.0 Å². The van der Waals surface area contributed by atoms with E-state index in [4.69, 9.17) is 5.26 Å². The number of nitrogens with zero attached hydrogens (tertiary/aromatic N) is 2. The van der Waals surface area contributed by atoms with Crippen LogP contribution in [0.3, 0.4) is 0 Å². The molecule has 1 atom stereocenters. The Morgan fingerprint density at radius 3 is 2.73 bits per heavy atom. The zero-order valence-corrected chi connectivity index (χ0v) is 6.00. The minimum atomic E-state index is -0.540. The van der Waals surface area contributed by atoms with Crippen LogP contribution in [0.25, 0.3) is 0 Å². The molecule has 1 N–H and O–H groups in total. The van der Waals surface area contributed by atoms with Gasteiger partial charge in [-0.2, -0.15) is 5.26 Å². The lowest BCUT2D eigenvalue weighted by molar-refractivity contribution is -0.118. The van der Waals surface area contributed by atoms with Gasteiger partial charge in [0, 0.05) is 0 Å². The Hall–Kier alpha value is -1.57.